The molecule has 1 aliphatic heterocycles. The molecule has 1 saturated heterocycles. The van der Waals surface area contributed by atoms with Gasteiger partial charge in [0.2, 0.25) is 0 Å². The topological polar surface area (TPSA) is 20.3 Å². The molecule has 1 unspecified atom stereocenters. The van der Waals surface area contributed by atoms with Crippen molar-refractivity contribution in [2.24, 2.45) is 0 Å². The van der Waals surface area contributed by atoms with Crippen molar-refractivity contribution in [3.8, 4) is 0 Å². The van der Waals surface area contributed by atoms with Gasteiger partial charge in [-0.2, -0.15) is 0 Å². The molecule has 10 heavy (non-hydrogen) atoms. The lowest BCUT2D eigenvalue weighted by molar-refractivity contribution is -0.105. The summed E-state index contributed by atoms with van der Waals surface area (Å²) in [6.45, 7) is 4.79. The summed E-state index contributed by atoms with van der Waals surface area (Å²) in [4.78, 5) is 12.5. The fourth-order valence-corrected chi connectivity index (χ4v) is 1.46. The Morgan fingerprint density at radius 3 is 2.90 bits per heavy atom. The molecule has 0 aliphatic carbocycles. The standard InChI is InChI=1S/C8H13NO/c1-7(6-10)8-4-3-5-9(8)2/h6,8H,1,3-5H2,2H3. The van der Waals surface area contributed by atoms with Crippen LogP contribution in [-0.4, -0.2) is 30.8 Å². The van der Waals surface area contributed by atoms with Crippen LogP contribution in [0.3, 0.4) is 0 Å². The Morgan fingerprint density at radius 1 is 1.80 bits per heavy atom. The molecule has 0 N–H and O–H groups in total. The van der Waals surface area contributed by atoms with Gasteiger partial charge in [0, 0.05) is 11.6 Å². The maximum atomic E-state index is 10.3. The molecule has 0 radical (unpaired) electrons. The molecule has 0 aromatic carbocycles. The molecule has 2 heteroatoms. The van der Waals surface area contributed by atoms with Crippen LogP contribution in [0.1, 0.15) is 12.8 Å². The van der Waals surface area contributed by atoms with Gasteiger partial charge in [-0.3, -0.25) is 9.69 Å². The van der Waals surface area contributed by atoms with Gasteiger partial charge in [-0.1, -0.05) is 6.58 Å². The predicted molar refractivity (Wildman–Crippen MR) is 40.9 cm³/mol. The second kappa shape index (κ2) is 2.97. The quantitative estimate of drug-likeness (QED) is 0.417. The van der Waals surface area contributed by atoms with Crippen LogP contribution in [-0.2, 0) is 4.79 Å². The van der Waals surface area contributed by atoms with E-state index in [1.165, 1.54) is 6.42 Å². The Labute approximate surface area is 61.5 Å². The molecule has 1 fully saturated rings. The van der Waals surface area contributed by atoms with Gasteiger partial charge in [-0.15, -0.1) is 0 Å². The number of aldehydes is 1. The van der Waals surface area contributed by atoms with Crippen molar-refractivity contribution in [2.75, 3.05) is 13.6 Å². The van der Waals surface area contributed by atoms with Crippen LogP contribution in [0.25, 0.3) is 0 Å². The van der Waals surface area contributed by atoms with E-state index < -0.39 is 0 Å². The molecular weight excluding hydrogens is 126 g/mol. The van der Waals surface area contributed by atoms with E-state index in [9.17, 15) is 4.79 Å². The predicted octanol–water partition coefficient (Wildman–Crippen LogP) is 0.836. The smallest absolute Gasteiger partial charge is 0.147 e. The van der Waals surface area contributed by atoms with Gasteiger partial charge in [0.25, 0.3) is 0 Å². The fraction of sp³-hybridized carbons (Fsp3) is 0.625. The van der Waals surface area contributed by atoms with Crippen molar-refractivity contribution in [3.63, 3.8) is 0 Å². The van der Waals surface area contributed by atoms with Crippen LogP contribution < -0.4 is 0 Å². The summed E-state index contributed by atoms with van der Waals surface area (Å²) >= 11 is 0. The van der Waals surface area contributed by atoms with Crippen molar-refractivity contribution in [1.82, 2.24) is 4.90 Å². The lowest BCUT2D eigenvalue weighted by Crippen LogP contribution is -2.26. The van der Waals surface area contributed by atoms with Gasteiger partial charge in [-0.25, -0.2) is 0 Å². The molecule has 1 atom stereocenters. The van der Waals surface area contributed by atoms with Crippen molar-refractivity contribution in [2.45, 2.75) is 18.9 Å². The van der Waals surface area contributed by atoms with E-state index in [1.54, 1.807) is 0 Å². The molecule has 0 aromatic heterocycles. The van der Waals surface area contributed by atoms with E-state index >= 15 is 0 Å². The molecule has 56 valence electrons. The van der Waals surface area contributed by atoms with Crippen LogP contribution >= 0.6 is 0 Å². The zero-order chi connectivity index (χ0) is 7.56. The molecule has 0 saturated carbocycles. The number of likely N-dealkylation sites (tertiary alicyclic amines) is 1. The Kier molecular flexibility index (Phi) is 2.22. The van der Waals surface area contributed by atoms with Crippen molar-refractivity contribution in [1.29, 1.82) is 0 Å². The largest absolute Gasteiger partial charge is 0.299 e. The van der Waals surface area contributed by atoms with Crippen molar-refractivity contribution in [3.05, 3.63) is 12.2 Å². The summed E-state index contributed by atoms with van der Waals surface area (Å²) in [5.74, 6) is 0. The number of nitrogens with zero attached hydrogens (tertiary/aromatic N) is 1. The SMILES string of the molecule is C=C(C=O)C1CCCN1C. The van der Waals surface area contributed by atoms with E-state index in [1.807, 2.05) is 7.05 Å². The first-order valence-electron chi connectivity index (χ1n) is 3.60. The first kappa shape index (κ1) is 7.48. The molecule has 0 amide bonds. The van der Waals surface area contributed by atoms with Gasteiger partial charge in [-0.05, 0) is 26.4 Å². The number of carbonyl (C=O) groups excluding carboxylic acids is 1. The van der Waals surface area contributed by atoms with Crippen molar-refractivity contribution < 1.29 is 4.79 Å². The Morgan fingerprint density at radius 2 is 2.50 bits per heavy atom. The average molecular weight is 139 g/mol. The van der Waals surface area contributed by atoms with Gasteiger partial charge in [0.15, 0.2) is 0 Å². The number of likely N-dealkylation sites (N-methyl/N-ethyl adjacent to an activating group) is 1. The van der Waals surface area contributed by atoms with Crippen LogP contribution in [0, 0.1) is 0 Å². The van der Waals surface area contributed by atoms with E-state index in [4.69, 9.17) is 0 Å². The van der Waals surface area contributed by atoms with Gasteiger partial charge in [0.05, 0.1) is 0 Å². The van der Waals surface area contributed by atoms with Gasteiger partial charge >= 0.3 is 0 Å². The molecule has 2 nitrogen and oxygen atoms in total. The lowest BCUT2D eigenvalue weighted by Gasteiger charge is -2.17. The molecule has 0 spiro atoms. The van der Waals surface area contributed by atoms with Gasteiger partial charge in [0.1, 0.15) is 6.29 Å². The summed E-state index contributed by atoms with van der Waals surface area (Å²) in [6, 6.07) is 0.317. The molecule has 0 aromatic rings. The number of hydrogen-bond acceptors (Lipinski definition) is 2. The minimum atomic E-state index is 0.317. The van der Waals surface area contributed by atoms with Crippen LogP contribution in [0.15, 0.2) is 12.2 Å². The monoisotopic (exact) mass is 139 g/mol. The highest BCUT2D eigenvalue weighted by Gasteiger charge is 2.22. The normalized spacial score (nSPS) is 26.7. The molecule has 0 bridgehead atoms. The highest BCUT2D eigenvalue weighted by molar-refractivity contribution is 5.74. The zero-order valence-electron chi connectivity index (χ0n) is 6.34. The summed E-state index contributed by atoms with van der Waals surface area (Å²) in [5.41, 5.74) is 0.722. The third-order valence-corrected chi connectivity index (χ3v) is 2.10. The highest BCUT2D eigenvalue weighted by Crippen LogP contribution is 2.19. The third-order valence-electron chi connectivity index (χ3n) is 2.10. The van der Waals surface area contributed by atoms with E-state index in [2.05, 4.69) is 11.5 Å². The third kappa shape index (κ3) is 1.27. The van der Waals surface area contributed by atoms with E-state index in [0.29, 0.717) is 6.04 Å². The Balaban J connectivity index is 2.54. The molecule has 1 aliphatic rings. The van der Waals surface area contributed by atoms with Crippen LogP contribution in [0.2, 0.25) is 0 Å². The Bertz CT molecular complexity index is 153. The number of hydrogen-bond donors (Lipinski definition) is 0. The highest BCUT2D eigenvalue weighted by atomic mass is 16.1. The minimum absolute atomic E-state index is 0.317. The molecular formula is C8H13NO. The fourth-order valence-electron chi connectivity index (χ4n) is 1.46. The van der Waals surface area contributed by atoms with E-state index in [0.717, 1.165) is 24.8 Å². The number of rotatable bonds is 2. The Hall–Kier alpha value is -0.630. The maximum absolute atomic E-state index is 10.3. The maximum Gasteiger partial charge on any atom is 0.147 e. The van der Waals surface area contributed by atoms with Crippen LogP contribution in [0.4, 0.5) is 0 Å². The first-order valence-corrected chi connectivity index (χ1v) is 3.60. The number of carbonyl (C=O) groups is 1. The average Bonchev–Trinajstić information content (AvgIpc) is 2.34. The zero-order valence-corrected chi connectivity index (χ0v) is 6.34. The summed E-state index contributed by atoms with van der Waals surface area (Å²) in [6.07, 6.45) is 3.15. The van der Waals surface area contributed by atoms with Crippen LogP contribution in [0.5, 0.6) is 0 Å². The second-order valence-electron chi connectivity index (χ2n) is 2.83. The molecule has 1 heterocycles. The minimum Gasteiger partial charge on any atom is -0.299 e. The first-order chi connectivity index (χ1) is 4.75. The van der Waals surface area contributed by atoms with Crippen molar-refractivity contribution >= 4 is 6.29 Å². The summed E-state index contributed by atoms with van der Waals surface area (Å²) in [7, 11) is 2.03. The van der Waals surface area contributed by atoms with E-state index in [-0.39, 0.29) is 0 Å². The lowest BCUT2D eigenvalue weighted by atomic mass is 10.1. The second-order valence-corrected chi connectivity index (χ2v) is 2.83. The van der Waals surface area contributed by atoms with Gasteiger partial charge < -0.3 is 0 Å². The summed E-state index contributed by atoms with van der Waals surface area (Å²) in [5, 5.41) is 0. The summed E-state index contributed by atoms with van der Waals surface area (Å²) < 4.78 is 0. The molecule has 1 rings (SSSR count).